The highest BCUT2D eigenvalue weighted by molar-refractivity contribution is 7.98. The van der Waals surface area contributed by atoms with Crippen LogP contribution in [-0.2, 0) is 4.79 Å². The van der Waals surface area contributed by atoms with E-state index in [0.29, 0.717) is 30.2 Å². The molecule has 1 heterocycles. The Labute approximate surface area is 170 Å². The van der Waals surface area contributed by atoms with Gasteiger partial charge in [0.05, 0.1) is 16.7 Å². The summed E-state index contributed by atoms with van der Waals surface area (Å²) >= 11 is 1.54. The molecule has 0 aromatic heterocycles. The smallest absolute Gasteiger partial charge is 0.256 e. The number of anilines is 2. The number of thioether (sulfide) groups is 1. The summed E-state index contributed by atoms with van der Waals surface area (Å²) in [4.78, 5) is 28.3. The highest BCUT2D eigenvalue weighted by Crippen LogP contribution is 2.38. The quantitative estimate of drug-likeness (QED) is 0.734. The van der Waals surface area contributed by atoms with Crippen molar-refractivity contribution in [1.82, 2.24) is 0 Å². The first kappa shape index (κ1) is 20.3. The number of nitrogens with zero attached hydrogens (tertiary/aromatic N) is 1. The lowest BCUT2D eigenvalue weighted by Crippen LogP contribution is -2.42. The second-order valence-corrected chi connectivity index (χ2v) is 8.31. The Bertz CT molecular complexity index is 895. The van der Waals surface area contributed by atoms with E-state index in [1.54, 1.807) is 11.0 Å². The Kier molecular flexibility index (Phi) is 5.98. The molecule has 1 aliphatic rings. The third kappa shape index (κ3) is 4.02. The van der Waals surface area contributed by atoms with Crippen LogP contribution in [0.1, 0.15) is 37.6 Å². The fraction of sp³-hybridized carbons (Fsp3) is 0.364. The molecule has 148 valence electrons. The van der Waals surface area contributed by atoms with E-state index in [1.165, 1.54) is 11.8 Å². The number of fused-ring (bicyclic) bond motifs is 1. The summed E-state index contributed by atoms with van der Waals surface area (Å²) in [6.45, 7) is 6.76. The molecule has 0 saturated carbocycles. The molecule has 0 aliphatic carbocycles. The standard InChI is InChI=1S/C22H26N2O3S/c1-5-12-24-17-11-10-15(13-18(17)27-14-22(2,3)21(24)26)23-20(25)16-8-6-7-9-19(16)28-4/h6-11,13H,5,12,14H2,1-4H3,(H,23,25). The zero-order chi connectivity index (χ0) is 20.3. The van der Waals surface area contributed by atoms with E-state index in [2.05, 4.69) is 5.32 Å². The van der Waals surface area contributed by atoms with E-state index < -0.39 is 5.41 Å². The van der Waals surface area contributed by atoms with Crippen LogP contribution in [0.2, 0.25) is 0 Å². The molecule has 0 saturated heterocycles. The van der Waals surface area contributed by atoms with E-state index in [1.807, 2.05) is 63.4 Å². The molecule has 0 atom stereocenters. The van der Waals surface area contributed by atoms with Crippen LogP contribution >= 0.6 is 11.8 Å². The van der Waals surface area contributed by atoms with Crippen molar-refractivity contribution in [2.45, 2.75) is 32.1 Å². The summed E-state index contributed by atoms with van der Waals surface area (Å²) in [6, 6.07) is 13.0. The Morgan fingerprint density at radius 2 is 2.00 bits per heavy atom. The number of rotatable bonds is 5. The van der Waals surface area contributed by atoms with Gasteiger partial charge in [0.2, 0.25) is 5.91 Å². The van der Waals surface area contributed by atoms with Crippen LogP contribution in [0.3, 0.4) is 0 Å². The summed E-state index contributed by atoms with van der Waals surface area (Å²) in [6.07, 6.45) is 2.80. The second-order valence-electron chi connectivity index (χ2n) is 7.47. The van der Waals surface area contributed by atoms with Crippen molar-refractivity contribution in [3.63, 3.8) is 0 Å². The maximum Gasteiger partial charge on any atom is 0.256 e. The van der Waals surface area contributed by atoms with Gasteiger partial charge in [-0.05, 0) is 50.8 Å². The third-order valence-corrected chi connectivity index (χ3v) is 5.52. The summed E-state index contributed by atoms with van der Waals surface area (Å²) in [7, 11) is 0. The number of nitrogens with one attached hydrogen (secondary N) is 1. The van der Waals surface area contributed by atoms with Gasteiger partial charge >= 0.3 is 0 Å². The van der Waals surface area contributed by atoms with E-state index in [4.69, 9.17) is 4.74 Å². The minimum atomic E-state index is -0.602. The van der Waals surface area contributed by atoms with Gasteiger partial charge in [0.25, 0.3) is 5.91 Å². The third-order valence-electron chi connectivity index (χ3n) is 4.72. The predicted octanol–water partition coefficient (Wildman–Crippen LogP) is 4.82. The highest BCUT2D eigenvalue weighted by Gasteiger charge is 2.37. The van der Waals surface area contributed by atoms with Gasteiger partial charge in [-0.2, -0.15) is 0 Å². The molecule has 0 unspecified atom stereocenters. The lowest BCUT2D eigenvalue weighted by atomic mass is 9.93. The lowest BCUT2D eigenvalue weighted by molar-refractivity contribution is -0.127. The average molecular weight is 399 g/mol. The molecule has 2 amide bonds. The van der Waals surface area contributed by atoms with Crippen LogP contribution in [0.25, 0.3) is 0 Å². The number of carbonyl (C=O) groups excluding carboxylic acids is 2. The number of carbonyl (C=O) groups is 2. The summed E-state index contributed by atoms with van der Waals surface area (Å²) in [5.41, 5.74) is 1.42. The van der Waals surface area contributed by atoms with Crippen molar-refractivity contribution < 1.29 is 14.3 Å². The van der Waals surface area contributed by atoms with Gasteiger partial charge < -0.3 is 15.0 Å². The maximum atomic E-state index is 12.9. The van der Waals surface area contributed by atoms with Gasteiger partial charge in [-0.15, -0.1) is 11.8 Å². The van der Waals surface area contributed by atoms with Gasteiger partial charge in [-0.25, -0.2) is 0 Å². The first-order valence-corrected chi connectivity index (χ1v) is 10.6. The van der Waals surface area contributed by atoms with Crippen molar-refractivity contribution in [2.24, 2.45) is 5.41 Å². The van der Waals surface area contributed by atoms with E-state index in [0.717, 1.165) is 17.0 Å². The van der Waals surface area contributed by atoms with Gasteiger partial charge in [0.1, 0.15) is 12.4 Å². The fourth-order valence-corrected chi connectivity index (χ4v) is 3.80. The lowest BCUT2D eigenvalue weighted by Gasteiger charge is -2.27. The summed E-state index contributed by atoms with van der Waals surface area (Å²) in [5, 5.41) is 2.95. The van der Waals surface area contributed by atoms with Crippen LogP contribution in [0.15, 0.2) is 47.4 Å². The molecule has 0 radical (unpaired) electrons. The van der Waals surface area contributed by atoms with Crippen molar-refractivity contribution in [2.75, 3.05) is 29.6 Å². The van der Waals surface area contributed by atoms with Crippen LogP contribution in [-0.4, -0.2) is 31.2 Å². The Hall–Kier alpha value is -2.47. The average Bonchev–Trinajstić information content (AvgIpc) is 2.78. The fourth-order valence-electron chi connectivity index (χ4n) is 3.20. The summed E-state index contributed by atoms with van der Waals surface area (Å²) in [5.74, 6) is 0.502. The molecule has 28 heavy (non-hydrogen) atoms. The minimum Gasteiger partial charge on any atom is -0.490 e. The number of benzene rings is 2. The Balaban J connectivity index is 1.90. The van der Waals surface area contributed by atoms with Crippen LogP contribution in [0.4, 0.5) is 11.4 Å². The van der Waals surface area contributed by atoms with Gasteiger partial charge in [0.15, 0.2) is 0 Å². The molecule has 1 aliphatic heterocycles. The minimum absolute atomic E-state index is 0.0544. The number of ether oxygens (including phenoxy) is 1. The monoisotopic (exact) mass is 398 g/mol. The molecule has 1 N–H and O–H groups in total. The highest BCUT2D eigenvalue weighted by atomic mass is 32.2. The molecule has 3 rings (SSSR count). The Morgan fingerprint density at radius 3 is 2.71 bits per heavy atom. The predicted molar refractivity (Wildman–Crippen MR) is 115 cm³/mol. The molecular formula is C22H26N2O3S. The van der Waals surface area contributed by atoms with E-state index in [-0.39, 0.29) is 11.8 Å². The molecule has 0 spiro atoms. The maximum absolute atomic E-state index is 12.9. The van der Waals surface area contributed by atoms with Crippen molar-refractivity contribution in [3.05, 3.63) is 48.0 Å². The zero-order valence-electron chi connectivity index (χ0n) is 16.7. The molecular weight excluding hydrogens is 372 g/mol. The van der Waals surface area contributed by atoms with Gasteiger partial charge in [-0.3, -0.25) is 9.59 Å². The molecule has 2 aromatic rings. The molecule has 2 aromatic carbocycles. The number of hydrogen-bond donors (Lipinski definition) is 1. The second kappa shape index (κ2) is 8.27. The van der Waals surface area contributed by atoms with E-state index in [9.17, 15) is 9.59 Å². The molecule has 0 bridgehead atoms. The number of hydrogen-bond acceptors (Lipinski definition) is 4. The van der Waals surface area contributed by atoms with Crippen molar-refractivity contribution in [3.8, 4) is 5.75 Å². The zero-order valence-corrected chi connectivity index (χ0v) is 17.6. The Morgan fingerprint density at radius 1 is 1.25 bits per heavy atom. The SMILES string of the molecule is CCCN1C(=O)C(C)(C)COc2cc(NC(=O)c3ccccc3SC)ccc21. The van der Waals surface area contributed by atoms with Crippen LogP contribution < -0.4 is 15.0 Å². The van der Waals surface area contributed by atoms with E-state index >= 15 is 0 Å². The first-order chi connectivity index (χ1) is 13.4. The van der Waals surface area contributed by atoms with Crippen molar-refractivity contribution >= 4 is 35.0 Å². The van der Waals surface area contributed by atoms with Gasteiger partial charge in [0, 0.05) is 23.2 Å². The largest absolute Gasteiger partial charge is 0.490 e. The van der Waals surface area contributed by atoms with Crippen LogP contribution in [0.5, 0.6) is 5.75 Å². The van der Waals surface area contributed by atoms with Crippen molar-refractivity contribution in [1.29, 1.82) is 0 Å². The first-order valence-electron chi connectivity index (χ1n) is 9.40. The normalized spacial score (nSPS) is 15.4. The summed E-state index contributed by atoms with van der Waals surface area (Å²) < 4.78 is 5.97. The molecule has 5 nitrogen and oxygen atoms in total. The molecule has 0 fully saturated rings. The van der Waals surface area contributed by atoms with Gasteiger partial charge in [-0.1, -0.05) is 19.1 Å². The topological polar surface area (TPSA) is 58.6 Å². The molecule has 6 heteroatoms. The number of amides is 2. The van der Waals surface area contributed by atoms with Crippen LogP contribution in [0, 0.1) is 5.41 Å².